The number of hydrogen-bond donors (Lipinski definition) is 1. The first-order valence-electron chi connectivity index (χ1n) is 7.75. The molecule has 2 heterocycles. The number of fused-ring (bicyclic) bond motifs is 1. The molecule has 0 fully saturated rings. The molecule has 2 aromatic heterocycles. The van der Waals surface area contributed by atoms with E-state index < -0.39 is 9.84 Å². The fraction of sp³-hybridized carbons (Fsp3) is 0.294. The number of rotatable bonds is 6. The van der Waals surface area contributed by atoms with E-state index in [4.69, 9.17) is 4.42 Å². The Hall–Kier alpha value is -2.45. The number of furan rings is 1. The first-order valence-corrected chi connectivity index (χ1v) is 9.64. The first-order chi connectivity index (χ1) is 11.9. The van der Waals surface area contributed by atoms with Gasteiger partial charge in [0.1, 0.15) is 17.9 Å². The zero-order chi connectivity index (χ0) is 18.0. The number of nitrogens with one attached hydrogen (secondary N) is 1. The van der Waals surface area contributed by atoms with Crippen molar-refractivity contribution >= 4 is 26.6 Å². The van der Waals surface area contributed by atoms with Gasteiger partial charge in [-0.3, -0.25) is 4.90 Å². The molecule has 0 amide bonds. The fourth-order valence-electron chi connectivity index (χ4n) is 2.62. The van der Waals surface area contributed by atoms with Crippen LogP contribution in [-0.4, -0.2) is 50.2 Å². The van der Waals surface area contributed by atoms with Crippen molar-refractivity contribution in [1.29, 1.82) is 0 Å². The van der Waals surface area contributed by atoms with Gasteiger partial charge in [0, 0.05) is 18.2 Å². The highest BCUT2D eigenvalue weighted by molar-refractivity contribution is 7.90. The van der Waals surface area contributed by atoms with Crippen molar-refractivity contribution in [1.82, 2.24) is 14.9 Å². The van der Waals surface area contributed by atoms with E-state index in [0.717, 1.165) is 5.76 Å². The first kappa shape index (κ1) is 17.4. The molecule has 7 nitrogen and oxygen atoms in total. The van der Waals surface area contributed by atoms with E-state index in [2.05, 4.69) is 15.3 Å². The van der Waals surface area contributed by atoms with Crippen LogP contribution in [0.4, 0.5) is 5.82 Å². The molecule has 0 aliphatic carbocycles. The van der Waals surface area contributed by atoms with Crippen molar-refractivity contribution in [2.24, 2.45) is 0 Å². The van der Waals surface area contributed by atoms with Gasteiger partial charge in [-0.2, -0.15) is 0 Å². The van der Waals surface area contributed by atoms with Crippen LogP contribution in [0, 0.1) is 0 Å². The molecule has 1 atom stereocenters. The molecular formula is C17H20N4O3S. The lowest BCUT2D eigenvalue weighted by Gasteiger charge is -2.23. The van der Waals surface area contributed by atoms with Gasteiger partial charge in [-0.15, -0.1) is 0 Å². The third-order valence-electron chi connectivity index (χ3n) is 3.99. The van der Waals surface area contributed by atoms with E-state index in [1.807, 2.05) is 31.1 Å². The Balaban J connectivity index is 1.93. The number of benzene rings is 1. The summed E-state index contributed by atoms with van der Waals surface area (Å²) in [6, 6.07) is 8.63. The maximum atomic E-state index is 11.8. The minimum atomic E-state index is -3.30. The summed E-state index contributed by atoms with van der Waals surface area (Å²) in [6.07, 6.45) is 4.29. The third kappa shape index (κ3) is 3.80. The molecule has 8 heteroatoms. The van der Waals surface area contributed by atoms with Crippen LogP contribution in [0.25, 0.3) is 10.9 Å². The van der Waals surface area contributed by atoms with Crippen molar-refractivity contribution in [3.63, 3.8) is 0 Å². The van der Waals surface area contributed by atoms with Crippen molar-refractivity contribution in [2.75, 3.05) is 32.2 Å². The summed E-state index contributed by atoms with van der Waals surface area (Å²) in [6.45, 7) is 0.551. The molecule has 1 aromatic carbocycles. The van der Waals surface area contributed by atoms with Crippen molar-refractivity contribution in [3.05, 3.63) is 48.7 Å². The second-order valence-corrected chi connectivity index (χ2v) is 8.06. The molecular weight excluding hydrogens is 340 g/mol. The van der Waals surface area contributed by atoms with Crippen LogP contribution in [0.5, 0.6) is 0 Å². The topological polar surface area (TPSA) is 88.3 Å². The smallest absolute Gasteiger partial charge is 0.175 e. The van der Waals surface area contributed by atoms with Crippen LogP contribution in [0.15, 0.2) is 52.2 Å². The number of hydrogen-bond acceptors (Lipinski definition) is 7. The largest absolute Gasteiger partial charge is 0.468 e. The lowest BCUT2D eigenvalue weighted by molar-refractivity contribution is 0.269. The highest BCUT2D eigenvalue weighted by atomic mass is 32.2. The molecule has 132 valence electrons. The maximum Gasteiger partial charge on any atom is 0.175 e. The number of anilines is 1. The van der Waals surface area contributed by atoms with Crippen LogP contribution < -0.4 is 5.32 Å². The van der Waals surface area contributed by atoms with E-state index in [1.165, 1.54) is 12.6 Å². The molecule has 0 saturated heterocycles. The van der Waals surface area contributed by atoms with Gasteiger partial charge in [0.05, 0.1) is 22.7 Å². The lowest BCUT2D eigenvalue weighted by atomic mass is 10.2. The average Bonchev–Trinajstić information content (AvgIpc) is 3.07. The predicted molar refractivity (Wildman–Crippen MR) is 96.3 cm³/mol. The summed E-state index contributed by atoms with van der Waals surface area (Å²) in [7, 11) is 0.636. The highest BCUT2D eigenvalue weighted by Gasteiger charge is 2.18. The second-order valence-electron chi connectivity index (χ2n) is 6.05. The summed E-state index contributed by atoms with van der Waals surface area (Å²) < 4.78 is 29.1. The molecule has 0 spiro atoms. The van der Waals surface area contributed by atoms with E-state index >= 15 is 0 Å². The van der Waals surface area contributed by atoms with Gasteiger partial charge in [0.2, 0.25) is 0 Å². The molecule has 0 saturated carbocycles. The minimum absolute atomic E-state index is 0.0121. The third-order valence-corrected chi connectivity index (χ3v) is 5.10. The van der Waals surface area contributed by atoms with Crippen molar-refractivity contribution < 1.29 is 12.8 Å². The predicted octanol–water partition coefficient (Wildman–Crippen LogP) is 2.34. The summed E-state index contributed by atoms with van der Waals surface area (Å²) in [4.78, 5) is 10.8. The molecule has 1 unspecified atom stereocenters. The molecule has 1 N–H and O–H groups in total. The van der Waals surface area contributed by atoms with Crippen LogP contribution in [0.1, 0.15) is 11.8 Å². The van der Waals surface area contributed by atoms with Gasteiger partial charge in [-0.1, -0.05) is 0 Å². The zero-order valence-corrected chi connectivity index (χ0v) is 15.1. The molecule has 3 aromatic rings. The van der Waals surface area contributed by atoms with E-state index in [9.17, 15) is 8.42 Å². The second kappa shape index (κ2) is 6.81. The zero-order valence-electron chi connectivity index (χ0n) is 14.3. The summed E-state index contributed by atoms with van der Waals surface area (Å²) in [5, 5.41) is 3.96. The van der Waals surface area contributed by atoms with E-state index in [0.29, 0.717) is 23.3 Å². The quantitative estimate of drug-likeness (QED) is 0.722. The number of aromatic nitrogens is 2. The van der Waals surface area contributed by atoms with Gasteiger partial charge in [0.25, 0.3) is 0 Å². The highest BCUT2D eigenvalue weighted by Crippen LogP contribution is 2.25. The van der Waals surface area contributed by atoms with Crippen LogP contribution >= 0.6 is 0 Å². The van der Waals surface area contributed by atoms with Gasteiger partial charge in [0.15, 0.2) is 9.84 Å². The van der Waals surface area contributed by atoms with Gasteiger partial charge in [-0.05, 0) is 44.4 Å². The van der Waals surface area contributed by atoms with E-state index in [-0.39, 0.29) is 10.9 Å². The Morgan fingerprint density at radius 3 is 2.68 bits per heavy atom. The number of sulfone groups is 1. The number of nitrogens with zero attached hydrogens (tertiary/aromatic N) is 3. The molecule has 0 radical (unpaired) electrons. The van der Waals surface area contributed by atoms with Gasteiger partial charge < -0.3 is 9.73 Å². The maximum absolute atomic E-state index is 11.8. The summed E-state index contributed by atoms with van der Waals surface area (Å²) in [5.74, 6) is 1.43. The molecule has 0 aliphatic heterocycles. The Morgan fingerprint density at radius 2 is 2.04 bits per heavy atom. The van der Waals surface area contributed by atoms with Gasteiger partial charge >= 0.3 is 0 Å². The Bertz CT molecular complexity index is 969. The number of likely N-dealkylation sites (N-methyl/N-ethyl adjacent to an activating group) is 1. The van der Waals surface area contributed by atoms with Crippen LogP contribution in [0.3, 0.4) is 0 Å². The Labute approximate surface area is 146 Å². The molecule has 0 aliphatic rings. The average molecular weight is 360 g/mol. The summed E-state index contributed by atoms with van der Waals surface area (Å²) >= 11 is 0. The molecule has 25 heavy (non-hydrogen) atoms. The van der Waals surface area contributed by atoms with Crippen LogP contribution in [-0.2, 0) is 9.84 Å². The fourth-order valence-corrected chi connectivity index (χ4v) is 3.27. The van der Waals surface area contributed by atoms with E-state index in [1.54, 1.807) is 24.5 Å². The van der Waals surface area contributed by atoms with Crippen molar-refractivity contribution in [2.45, 2.75) is 10.9 Å². The summed E-state index contributed by atoms with van der Waals surface area (Å²) in [5.41, 5.74) is 0.685. The Kier molecular flexibility index (Phi) is 4.73. The van der Waals surface area contributed by atoms with Crippen molar-refractivity contribution in [3.8, 4) is 0 Å². The normalized spacial score (nSPS) is 13.3. The van der Waals surface area contributed by atoms with Gasteiger partial charge in [-0.25, -0.2) is 18.4 Å². The minimum Gasteiger partial charge on any atom is -0.468 e. The Morgan fingerprint density at radius 1 is 1.24 bits per heavy atom. The standard InChI is InChI=1S/C17H20N4O3S/c1-21(2)15(16-5-4-8-24-16)10-18-17-13-9-12(25(3,22)23)6-7-14(13)19-11-20-17/h4-9,11,15H,10H2,1-3H3,(H,18,19,20). The molecule has 3 rings (SSSR count). The lowest BCUT2D eigenvalue weighted by Crippen LogP contribution is -2.26. The van der Waals surface area contributed by atoms with Crippen LogP contribution in [0.2, 0.25) is 0 Å². The monoisotopic (exact) mass is 360 g/mol. The molecule has 0 bridgehead atoms. The SMILES string of the molecule is CN(C)C(CNc1ncnc2ccc(S(C)(=O)=O)cc12)c1ccco1.